The van der Waals surface area contributed by atoms with Crippen LogP contribution in [0.4, 0.5) is 0 Å². The highest BCUT2D eigenvalue weighted by Crippen LogP contribution is 2.03. The van der Waals surface area contributed by atoms with Crippen molar-refractivity contribution in [2.75, 3.05) is 13.6 Å². The van der Waals surface area contributed by atoms with Gasteiger partial charge in [0.05, 0.1) is 12.8 Å². The summed E-state index contributed by atoms with van der Waals surface area (Å²) < 4.78 is 5.21. The molecule has 0 spiro atoms. The van der Waals surface area contributed by atoms with Crippen LogP contribution >= 0.6 is 0 Å². The zero-order valence-corrected chi connectivity index (χ0v) is 7.21. The fourth-order valence-corrected chi connectivity index (χ4v) is 1.13. The summed E-state index contributed by atoms with van der Waals surface area (Å²) in [6.45, 7) is 4.22. The van der Waals surface area contributed by atoms with Gasteiger partial charge in [-0.1, -0.05) is 6.92 Å². The second-order valence-electron chi connectivity index (χ2n) is 2.82. The molecule has 0 N–H and O–H groups in total. The molecular weight excluding hydrogens is 138 g/mol. The molecule has 0 radical (unpaired) electrons. The summed E-state index contributed by atoms with van der Waals surface area (Å²) >= 11 is 0. The van der Waals surface area contributed by atoms with E-state index in [2.05, 4.69) is 18.9 Å². The van der Waals surface area contributed by atoms with E-state index in [1.165, 1.54) is 6.42 Å². The van der Waals surface area contributed by atoms with E-state index in [4.69, 9.17) is 4.42 Å². The Morgan fingerprint density at radius 2 is 2.36 bits per heavy atom. The third-order valence-electron chi connectivity index (χ3n) is 1.61. The van der Waals surface area contributed by atoms with E-state index in [1.54, 1.807) is 6.26 Å². The summed E-state index contributed by atoms with van der Waals surface area (Å²) in [4.78, 5) is 2.25. The third kappa shape index (κ3) is 2.76. The van der Waals surface area contributed by atoms with Gasteiger partial charge in [-0.2, -0.15) is 0 Å². The van der Waals surface area contributed by atoms with Crippen molar-refractivity contribution >= 4 is 0 Å². The van der Waals surface area contributed by atoms with E-state index in [0.29, 0.717) is 0 Å². The Bertz CT molecular complexity index is 181. The van der Waals surface area contributed by atoms with Gasteiger partial charge in [-0.25, -0.2) is 0 Å². The van der Waals surface area contributed by atoms with Crippen molar-refractivity contribution in [1.82, 2.24) is 4.90 Å². The maximum atomic E-state index is 5.21. The molecule has 2 nitrogen and oxygen atoms in total. The van der Waals surface area contributed by atoms with Crippen molar-refractivity contribution in [2.45, 2.75) is 19.9 Å². The van der Waals surface area contributed by atoms with Gasteiger partial charge in [-0.05, 0) is 32.1 Å². The van der Waals surface area contributed by atoms with Crippen LogP contribution in [0.2, 0.25) is 0 Å². The van der Waals surface area contributed by atoms with Crippen LogP contribution in [0.25, 0.3) is 0 Å². The van der Waals surface area contributed by atoms with Crippen LogP contribution in [0.1, 0.15) is 19.1 Å². The topological polar surface area (TPSA) is 16.4 Å². The third-order valence-corrected chi connectivity index (χ3v) is 1.61. The van der Waals surface area contributed by atoms with Crippen LogP contribution < -0.4 is 0 Å². The van der Waals surface area contributed by atoms with E-state index in [-0.39, 0.29) is 0 Å². The fraction of sp³-hybridized carbons (Fsp3) is 0.556. The van der Waals surface area contributed by atoms with E-state index >= 15 is 0 Å². The Balaban J connectivity index is 2.31. The lowest BCUT2D eigenvalue weighted by Crippen LogP contribution is -2.17. The normalized spacial score (nSPS) is 10.8. The first-order valence-corrected chi connectivity index (χ1v) is 4.04. The number of hydrogen-bond acceptors (Lipinski definition) is 2. The first-order chi connectivity index (χ1) is 5.33. The Kier molecular flexibility index (Phi) is 3.17. The lowest BCUT2D eigenvalue weighted by atomic mass is 10.4. The summed E-state index contributed by atoms with van der Waals surface area (Å²) in [5.74, 6) is 1.04. The molecule has 1 aromatic heterocycles. The maximum Gasteiger partial charge on any atom is 0.117 e. The molecule has 0 saturated heterocycles. The van der Waals surface area contributed by atoms with Crippen molar-refractivity contribution in [3.05, 3.63) is 24.2 Å². The Morgan fingerprint density at radius 3 is 2.91 bits per heavy atom. The van der Waals surface area contributed by atoms with Gasteiger partial charge in [0.15, 0.2) is 0 Å². The van der Waals surface area contributed by atoms with Gasteiger partial charge in [-0.3, -0.25) is 4.90 Å². The van der Waals surface area contributed by atoms with Gasteiger partial charge >= 0.3 is 0 Å². The SMILES string of the molecule is CCCN(C)Cc1ccco1. The van der Waals surface area contributed by atoms with Crippen molar-refractivity contribution < 1.29 is 4.42 Å². The first-order valence-electron chi connectivity index (χ1n) is 4.04. The molecule has 1 heterocycles. The summed E-state index contributed by atoms with van der Waals surface area (Å²) in [6.07, 6.45) is 2.91. The second-order valence-corrected chi connectivity index (χ2v) is 2.82. The van der Waals surface area contributed by atoms with Gasteiger partial charge in [0.2, 0.25) is 0 Å². The fourth-order valence-electron chi connectivity index (χ4n) is 1.13. The van der Waals surface area contributed by atoms with E-state index in [1.807, 2.05) is 12.1 Å². The molecule has 1 aromatic rings. The average molecular weight is 153 g/mol. The molecule has 0 atom stereocenters. The quantitative estimate of drug-likeness (QED) is 0.658. The van der Waals surface area contributed by atoms with E-state index in [0.717, 1.165) is 18.8 Å². The molecule has 0 aliphatic carbocycles. The smallest absolute Gasteiger partial charge is 0.117 e. The Hall–Kier alpha value is -0.760. The number of rotatable bonds is 4. The van der Waals surface area contributed by atoms with Crippen LogP contribution in [0.5, 0.6) is 0 Å². The maximum absolute atomic E-state index is 5.21. The van der Waals surface area contributed by atoms with Crippen LogP contribution in [0.3, 0.4) is 0 Å². The molecule has 0 aromatic carbocycles. The molecule has 11 heavy (non-hydrogen) atoms. The van der Waals surface area contributed by atoms with Gasteiger partial charge < -0.3 is 4.42 Å². The Labute approximate surface area is 67.8 Å². The molecule has 1 rings (SSSR count). The minimum atomic E-state index is 0.918. The van der Waals surface area contributed by atoms with Crippen LogP contribution in [0, 0.1) is 0 Å². The number of furan rings is 1. The predicted octanol–water partition coefficient (Wildman–Crippen LogP) is 2.12. The van der Waals surface area contributed by atoms with Crippen LogP contribution in [-0.2, 0) is 6.54 Å². The minimum absolute atomic E-state index is 0.918. The summed E-state index contributed by atoms with van der Waals surface area (Å²) in [5, 5.41) is 0. The zero-order chi connectivity index (χ0) is 8.10. The largest absolute Gasteiger partial charge is 0.468 e. The molecule has 62 valence electrons. The molecule has 0 bridgehead atoms. The van der Waals surface area contributed by atoms with Gasteiger partial charge in [0.25, 0.3) is 0 Å². The first kappa shape index (κ1) is 8.34. The molecule has 0 fully saturated rings. The van der Waals surface area contributed by atoms with Crippen molar-refractivity contribution in [3.8, 4) is 0 Å². The second kappa shape index (κ2) is 4.19. The molecule has 0 saturated carbocycles. The van der Waals surface area contributed by atoms with E-state index in [9.17, 15) is 0 Å². The summed E-state index contributed by atoms with van der Waals surface area (Å²) in [6, 6.07) is 3.93. The van der Waals surface area contributed by atoms with Gasteiger partial charge in [0, 0.05) is 0 Å². The molecule has 0 amide bonds. The average Bonchev–Trinajstić information content (AvgIpc) is 2.40. The van der Waals surface area contributed by atoms with Crippen LogP contribution in [0.15, 0.2) is 22.8 Å². The molecule has 2 heteroatoms. The monoisotopic (exact) mass is 153 g/mol. The molecule has 0 aliphatic rings. The zero-order valence-electron chi connectivity index (χ0n) is 7.21. The highest BCUT2D eigenvalue weighted by molar-refractivity contribution is 4.97. The summed E-state index contributed by atoms with van der Waals surface area (Å²) in [5.41, 5.74) is 0. The van der Waals surface area contributed by atoms with Crippen molar-refractivity contribution in [1.29, 1.82) is 0 Å². The van der Waals surface area contributed by atoms with Crippen molar-refractivity contribution in [2.24, 2.45) is 0 Å². The predicted molar refractivity (Wildman–Crippen MR) is 45.3 cm³/mol. The van der Waals surface area contributed by atoms with Crippen LogP contribution in [-0.4, -0.2) is 18.5 Å². The van der Waals surface area contributed by atoms with Gasteiger partial charge in [-0.15, -0.1) is 0 Å². The highest BCUT2D eigenvalue weighted by Gasteiger charge is 1.99. The van der Waals surface area contributed by atoms with E-state index < -0.39 is 0 Å². The molecule has 0 unspecified atom stereocenters. The number of hydrogen-bond donors (Lipinski definition) is 0. The molecule has 0 aliphatic heterocycles. The lowest BCUT2D eigenvalue weighted by Gasteiger charge is -2.12. The molecular formula is C9H15NO. The highest BCUT2D eigenvalue weighted by atomic mass is 16.3. The summed E-state index contributed by atoms with van der Waals surface area (Å²) in [7, 11) is 2.10. The standard InChI is InChI=1S/C9H15NO/c1-3-6-10(2)8-9-5-4-7-11-9/h4-5,7H,3,6,8H2,1-2H3. The number of nitrogens with zero attached hydrogens (tertiary/aromatic N) is 1. The lowest BCUT2D eigenvalue weighted by molar-refractivity contribution is 0.295. The van der Waals surface area contributed by atoms with Gasteiger partial charge in [0.1, 0.15) is 5.76 Å². The minimum Gasteiger partial charge on any atom is -0.468 e. The van der Waals surface area contributed by atoms with Crippen molar-refractivity contribution in [3.63, 3.8) is 0 Å². The Morgan fingerprint density at radius 1 is 1.55 bits per heavy atom.